The molecule has 2 nitrogen and oxygen atoms in total. The predicted molar refractivity (Wildman–Crippen MR) is 73.6 cm³/mol. The van der Waals surface area contributed by atoms with Gasteiger partial charge < -0.3 is 10.1 Å². The highest BCUT2D eigenvalue weighted by Crippen LogP contribution is 2.16. The van der Waals surface area contributed by atoms with Gasteiger partial charge in [-0.25, -0.2) is 0 Å². The Morgan fingerprint density at radius 1 is 1.24 bits per heavy atom. The number of hydrogen-bond acceptors (Lipinski definition) is 2. The zero-order valence-corrected chi connectivity index (χ0v) is 11.5. The highest BCUT2D eigenvalue weighted by atomic mass is 35.5. The summed E-state index contributed by atoms with van der Waals surface area (Å²) in [4.78, 5) is 0. The molecule has 1 aromatic rings. The van der Waals surface area contributed by atoms with Crippen LogP contribution in [0.3, 0.4) is 0 Å². The van der Waals surface area contributed by atoms with E-state index in [1.807, 2.05) is 13.0 Å². The molecule has 0 amide bonds. The maximum atomic E-state index is 6.07. The van der Waals surface area contributed by atoms with Gasteiger partial charge in [-0.3, -0.25) is 0 Å². The molecule has 0 heterocycles. The third kappa shape index (κ3) is 6.06. The van der Waals surface area contributed by atoms with Gasteiger partial charge in [-0.2, -0.15) is 0 Å². The summed E-state index contributed by atoms with van der Waals surface area (Å²) < 4.78 is 5.01. The summed E-state index contributed by atoms with van der Waals surface area (Å²) in [6.07, 6.45) is 3.56. The molecular weight excluding hydrogens is 234 g/mol. The van der Waals surface area contributed by atoms with Gasteiger partial charge in [0.2, 0.25) is 0 Å². The molecule has 1 N–H and O–H groups in total. The van der Waals surface area contributed by atoms with Crippen LogP contribution < -0.4 is 5.32 Å². The van der Waals surface area contributed by atoms with Crippen molar-refractivity contribution >= 4 is 11.6 Å². The maximum absolute atomic E-state index is 6.07. The molecule has 0 bridgehead atoms. The van der Waals surface area contributed by atoms with Gasteiger partial charge in [0.1, 0.15) is 0 Å². The number of ether oxygens (including phenoxy) is 1. The Balaban J connectivity index is 2.11. The van der Waals surface area contributed by atoms with E-state index in [-0.39, 0.29) is 0 Å². The van der Waals surface area contributed by atoms with Crippen LogP contribution in [0.4, 0.5) is 0 Å². The van der Waals surface area contributed by atoms with Crippen molar-refractivity contribution in [2.75, 3.05) is 20.3 Å². The molecule has 96 valence electrons. The van der Waals surface area contributed by atoms with E-state index in [1.165, 1.54) is 18.4 Å². The SMILES string of the molecule is COCCCCCNCc1ccc(C)c(Cl)c1. The molecule has 0 saturated heterocycles. The lowest BCUT2D eigenvalue weighted by atomic mass is 10.1. The van der Waals surface area contributed by atoms with Crippen LogP contribution in [-0.2, 0) is 11.3 Å². The highest BCUT2D eigenvalue weighted by molar-refractivity contribution is 6.31. The second kappa shape index (κ2) is 8.51. The standard InChI is InChI=1S/C14H22ClNO/c1-12-6-7-13(10-14(12)15)11-16-8-4-3-5-9-17-2/h6-7,10,16H,3-5,8-9,11H2,1-2H3. The molecule has 0 spiro atoms. The molecule has 1 aromatic carbocycles. The van der Waals surface area contributed by atoms with E-state index in [1.54, 1.807) is 7.11 Å². The molecule has 0 aliphatic rings. The Morgan fingerprint density at radius 2 is 2.06 bits per heavy atom. The molecule has 0 radical (unpaired) electrons. The molecule has 0 aliphatic heterocycles. The number of hydrogen-bond donors (Lipinski definition) is 1. The Hall–Kier alpha value is -0.570. The summed E-state index contributed by atoms with van der Waals surface area (Å²) in [5.41, 5.74) is 2.38. The van der Waals surface area contributed by atoms with Gasteiger partial charge in [0.05, 0.1) is 0 Å². The van der Waals surface area contributed by atoms with Crippen molar-refractivity contribution in [3.8, 4) is 0 Å². The molecule has 17 heavy (non-hydrogen) atoms. The molecule has 0 aliphatic carbocycles. The fourth-order valence-corrected chi connectivity index (χ4v) is 1.86. The first kappa shape index (κ1) is 14.5. The number of nitrogens with one attached hydrogen (secondary N) is 1. The Bertz CT molecular complexity index is 328. The molecule has 0 aromatic heterocycles. The predicted octanol–water partition coefficient (Wildman–Crippen LogP) is 3.55. The van der Waals surface area contributed by atoms with E-state index in [9.17, 15) is 0 Å². The first-order valence-corrected chi connectivity index (χ1v) is 6.56. The fraction of sp³-hybridized carbons (Fsp3) is 0.571. The normalized spacial score (nSPS) is 10.8. The Morgan fingerprint density at radius 3 is 2.76 bits per heavy atom. The highest BCUT2D eigenvalue weighted by Gasteiger charge is 1.97. The summed E-state index contributed by atoms with van der Waals surface area (Å²) in [7, 11) is 1.75. The van der Waals surface area contributed by atoms with Crippen LogP contribution in [0.5, 0.6) is 0 Å². The second-order valence-corrected chi connectivity index (χ2v) is 4.72. The van der Waals surface area contributed by atoms with E-state index in [0.717, 1.165) is 36.7 Å². The molecular formula is C14H22ClNO. The monoisotopic (exact) mass is 255 g/mol. The zero-order chi connectivity index (χ0) is 12.5. The van der Waals surface area contributed by atoms with Crippen molar-refractivity contribution in [1.29, 1.82) is 0 Å². The van der Waals surface area contributed by atoms with Crippen LogP contribution in [-0.4, -0.2) is 20.3 Å². The largest absolute Gasteiger partial charge is 0.385 e. The van der Waals surface area contributed by atoms with Crippen LogP contribution in [0, 0.1) is 6.92 Å². The maximum Gasteiger partial charge on any atom is 0.0462 e. The number of unbranched alkanes of at least 4 members (excludes halogenated alkanes) is 2. The number of methoxy groups -OCH3 is 1. The summed E-state index contributed by atoms with van der Waals surface area (Å²) in [5.74, 6) is 0. The molecule has 1 rings (SSSR count). The smallest absolute Gasteiger partial charge is 0.0462 e. The van der Waals surface area contributed by atoms with E-state index >= 15 is 0 Å². The van der Waals surface area contributed by atoms with E-state index < -0.39 is 0 Å². The minimum atomic E-state index is 0.851. The van der Waals surface area contributed by atoms with Crippen molar-refractivity contribution in [2.45, 2.75) is 32.7 Å². The average molecular weight is 256 g/mol. The third-order valence-electron chi connectivity index (χ3n) is 2.77. The van der Waals surface area contributed by atoms with Crippen molar-refractivity contribution < 1.29 is 4.74 Å². The minimum Gasteiger partial charge on any atom is -0.385 e. The number of rotatable bonds is 8. The first-order chi connectivity index (χ1) is 8.24. The number of halogens is 1. The van der Waals surface area contributed by atoms with E-state index in [2.05, 4.69) is 17.4 Å². The quantitative estimate of drug-likeness (QED) is 0.718. The van der Waals surface area contributed by atoms with Crippen LogP contribution >= 0.6 is 11.6 Å². The van der Waals surface area contributed by atoms with Crippen molar-refractivity contribution in [3.63, 3.8) is 0 Å². The molecule has 0 fully saturated rings. The van der Waals surface area contributed by atoms with Crippen LogP contribution in [0.1, 0.15) is 30.4 Å². The molecule has 0 saturated carbocycles. The van der Waals surface area contributed by atoms with Crippen LogP contribution in [0.2, 0.25) is 5.02 Å². The minimum absolute atomic E-state index is 0.851. The lowest BCUT2D eigenvalue weighted by Crippen LogP contribution is -2.14. The van der Waals surface area contributed by atoms with Gasteiger partial charge in [-0.1, -0.05) is 23.7 Å². The lowest BCUT2D eigenvalue weighted by molar-refractivity contribution is 0.192. The van der Waals surface area contributed by atoms with E-state index in [4.69, 9.17) is 16.3 Å². The second-order valence-electron chi connectivity index (χ2n) is 4.31. The summed E-state index contributed by atoms with van der Waals surface area (Å²) in [6.45, 7) is 4.84. The van der Waals surface area contributed by atoms with Gasteiger partial charge in [-0.15, -0.1) is 0 Å². The van der Waals surface area contributed by atoms with E-state index in [0.29, 0.717) is 0 Å². The Labute approximate surface area is 109 Å². The Kier molecular flexibility index (Phi) is 7.25. The van der Waals surface area contributed by atoms with Crippen LogP contribution in [0.25, 0.3) is 0 Å². The summed E-state index contributed by atoms with van der Waals surface area (Å²) in [5, 5.41) is 4.28. The summed E-state index contributed by atoms with van der Waals surface area (Å²) in [6, 6.07) is 6.23. The molecule has 3 heteroatoms. The third-order valence-corrected chi connectivity index (χ3v) is 3.17. The van der Waals surface area contributed by atoms with Gasteiger partial charge in [0, 0.05) is 25.3 Å². The fourth-order valence-electron chi connectivity index (χ4n) is 1.65. The molecule has 0 atom stereocenters. The van der Waals surface area contributed by atoms with Gasteiger partial charge >= 0.3 is 0 Å². The lowest BCUT2D eigenvalue weighted by Gasteiger charge is -2.06. The number of benzene rings is 1. The topological polar surface area (TPSA) is 21.3 Å². The molecule has 0 unspecified atom stereocenters. The first-order valence-electron chi connectivity index (χ1n) is 6.18. The van der Waals surface area contributed by atoms with Gasteiger partial charge in [0.15, 0.2) is 0 Å². The zero-order valence-electron chi connectivity index (χ0n) is 10.8. The summed E-state index contributed by atoms with van der Waals surface area (Å²) >= 11 is 6.07. The van der Waals surface area contributed by atoms with Crippen molar-refractivity contribution in [1.82, 2.24) is 5.32 Å². The van der Waals surface area contributed by atoms with Gasteiger partial charge in [0.25, 0.3) is 0 Å². The number of aryl methyl sites for hydroxylation is 1. The van der Waals surface area contributed by atoms with Crippen molar-refractivity contribution in [2.24, 2.45) is 0 Å². The van der Waals surface area contributed by atoms with Gasteiger partial charge in [-0.05, 0) is 49.9 Å². The van der Waals surface area contributed by atoms with Crippen molar-refractivity contribution in [3.05, 3.63) is 34.3 Å². The average Bonchev–Trinajstić information content (AvgIpc) is 2.32. The van der Waals surface area contributed by atoms with Crippen LogP contribution in [0.15, 0.2) is 18.2 Å².